The Balaban J connectivity index is 2.22. The number of aliphatic hydroxyl groups is 1. The summed E-state index contributed by atoms with van der Waals surface area (Å²) in [7, 11) is 0. The molecule has 0 radical (unpaired) electrons. The van der Waals surface area contributed by atoms with E-state index in [2.05, 4.69) is 4.98 Å². The minimum atomic E-state index is -0.251. The molecule has 0 bridgehead atoms. The molecule has 0 aliphatic carbocycles. The number of nitrogens with zero attached hydrogens (tertiary/aromatic N) is 2. The molecule has 0 spiro atoms. The first-order valence-electron chi connectivity index (χ1n) is 6.37. The second kappa shape index (κ2) is 7.41. The normalized spacial score (nSPS) is 10.4. The monoisotopic (exact) mass is 324 g/mol. The van der Waals surface area contributed by atoms with Gasteiger partial charge in [0.25, 0.3) is 5.91 Å². The zero-order valence-corrected chi connectivity index (χ0v) is 12.7. The summed E-state index contributed by atoms with van der Waals surface area (Å²) < 4.78 is 0. The summed E-state index contributed by atoms with van der Waals surface area (Å²) in [5, 5.41) is 9.48. The Morgan fingerprint density at radius 1 is 1.14 bits per heavy atom. The fourth-order valence-corrected chi connectivity index (χ4v) is 2.41. The molecule has 0 fully saturated rings. The van der Waals surface area contributed by atoms with Crippen molar-refractivity contribution in [2.45, 2.75) is 6.54 Å². The van der Waals surface area contributed by atoms with Crippen LogP contribution in [0, 0.1) is 0 Å². The second-order valence-electron chi connectivity index (χ2n) is 4.44. The van der Waals surface area contributed by atoms with Crippen LogP contribution in [0.1, 0.15) is 15.9 Å². The molecule has 1 heterocycles. The molecule has 0 saturated carbocycles. The van der Waals surface area contributed by atoms with Crippen LogP contribution in [0.3, 0.4) is 0 Å². The van der Waals surface area contributed by atoms with Crippen molar-refractivity contribution < 1.29 is 9.90 Å². The molecule has 0 aliphatic rings. The first kappa shape index (κ1) is 15.8. The Hall–Kier alpha value is -1.62. The summed E-state index contributed by atoms with van der Waals surface area (Å²) in [6, 6.07) is 12.5. The molecular weight excluding hydrogens is 311 g/mol. The molecule has 0 atom stereocenters. The van der Waals surface area contributed by atoms with E-state index in [1.165, 1.54) is 17.0 Å². The van der Waals surface area contributed by atoms with Gasteiger partial charge in [-0.1, -0.05) is 53.5 Å². The third-order valence-corrected chi connectivity index (χ3v) is 3.27. The smallest absolute Gasteiger partial charge is 0.254 e. The van der Waals surface area contributed by atoms with Gasteiger partial charge in [-0.25, -0.2) is 4.98 Å². The van der Waals surface area contributed by atoms with Crippen molar-refractivity contribution >= 4 is 29.1 Å². The average Bonchev–Trinajstić information content (AvgIpc) is 2.46. The van der Waals surface area contributed by atoms with Crippen LogP contribution >= 0.6 is 23.2 Å². The highest BCUT2D eigenvalue weighted by molar-refractivity contribution is 6.33. The Labute approximate surface area is 132 Å². The van der Waals surface area contributed by atoms with Crippen molar-refractivity contribution in [3.63, 3.8) is 0 Å². The van der Waals surface area contributed by atoms with Crippen molar-refractivity contribution in [3.05, 3.63) is 63.9 Å². The largest absolute Gasteiger partial charge is 0.395 e. The highest BCUT2D eigenvalue weighted by Crippen LogP contribution is 2.17. The number of hydrogen-bond acceptors (Lipinski definition) is 3. The number of benzene rings is 1. The average molecular weight is 325 g/mol. The molecule has 1 aromatic heterocycles. The van der Waals surface area contributed by atoms with Gasteiger partial charge in [0.05, 0.1) is 6.61 Å². The summed E-state index contributed by atoms with van der Waals surface area (Å²) in [6.07, 6.45) is 0. The summed E-state index contributed by atoms with van der Waals surface area (Å²) in [4.78, 5) is 17.9. The fraction of sp³-hybridized carbons (Fsp3) is 0.200. The highest BCUT2D eigenvalue weighted by atomic mass is 35.5. The van der Waals surface area contributed by atoms with Crippen LogP contribution in [-0.4, -0.2) is 34.0 Å². The SMILES string of the molecule is O=C(c1cc(Cl)nc(Cl)c1)N(CCO)Cc1ccccc1. The Morgan fingerprint density at radius 2 is 1.76 bits per heavy atom. The summed E-state index contributed by atoms with van der Waals surface area (Å²) in [5.74, 6) is -0.251. The third-order valence-electron chi connectivity index (χ3n) is 2.88. The maximum absolute atomic E-state index is 12.5. The quantitative estimate of drug-likeness (QED) is 0.860. The zero-order valence-electron chi connectivity index (χ0n) is 11.2. The van der Waals surface area contributed by atoms with Gasteiger partial charge in [-0.05, 0) is 17.7 Å². The van der Waals surface area contributed by atoms with Gasteiger partial charge in [0, 0.05) is 18.7 Å². The number of aliphatic hydroxyl groups excluding tert-OH is 1. The molecule has 2 rings (SSSR count). The van der Waals surface area contributed by atoms with Gasteiger partial charge >= 0.3 is 0 Å². The zero-order chi connectivity index (χ0) is 15.2. The van der Waals surface area contributed by atoms with Gasteiger partial charge in [0.2, 0.25) is 0 Å². The number of halogens is 2. The molecule has 6 heteroatoms. The van der Waals surface area contributed by atoms with E-state index >= 15 is 0 Å². The van der Waals surface area contributed by atoms with Crippen LogP contribution in [0.25, 0.3) is 0 Å². The predicted octanol–water partition coefficient (Wildman–Crippen LogP) is 3.02. The molecule has 110 valence electrons. The molecule has 2 aromatic rings. The van der Waals surface area contributed by atoms with Crippen molar-refractivity contribution in [1.82, 2.24) is 9.88 Å². The van der Waals surface area contributed by atoms with E-state index in [0.29, 0.717) is 12.1 Å². The maximum atomic E-state index is 12.5. The van der Waals surface area contributed by atoms with E-state index in [1.54, 1.807) is 0 Å². The van der Waals surface area contributed by atoms with Crippen LogP contribution in [-0.2, 0) is 6.54 Å². The Bertz CT molecular complexity index is 600. The minimum absolute atomic E-state index is 0.120. The van der Waals surface area contributed by atoms with Gasteiger partial charge in [-0.2, -0.15) is 0 Å². The van der Waals surface area contributed by atoms with Crippen LogP contribution in [0.2, 0.25) is 10.3 Å². The first-order valence-corrected chi connectivity index (χ1v) is 7.13. The minimum Gasteiger partial charge on any atom is -0.395 e. The molecule has 0 aliphatic heterocycles. The van der Waals surface area contributed by atoms with E-state index in [-0.39, 0.29) is 29.4 Å². The molecule has 1 aromatic carbocycles. The van der Waals surface area contributed by atoms with Crippen molar-refractivity contribution in [2.24, 2.45) is 0 Å². The van der Waals surface area contributed by atoms with E-state index in [0.717, 1.165) is 5.56 Å². The summed E-state index contributed by atoms with van der Waals surface area (Å²) in [5.41, 5.74) is 1.33. The van der Waals surface area contributed by atoms with Crippen molar-refractivity contribution in [1.29, 1.82) is 0 Å². The van der Waals surface area contributed by atoms with Crippen LogP contribution in [0.4, 0.5) is 0 Å². The van der Waals surface area contributed by atoms with Gasteiger partial charge in [-0.15, -0.1) is 0 Å². The number of carbonyl (C=O) groups excluding carboxylic acids is 1. The van der Waals surface area contributed by atoms with Crippen LogP contribution in [0.15, 0.2) is 42.5 Å². The Kier molecular flexibility index (Phi) is 5.56. The predicted molar refractivity (Wildman–Crippen MR) is 82.5 cm³/mol. The van der Waals surface area contributed by atoms with Crippen LogP contribution < -0.4 is 0 Å². The summed E-state index contributed by atoms with van der Waals surface area (Å²) >= 11 is 11.6. The maximum Gasteiger partial charge on any atom is 0.254 e. The van der Waals surface area contributed by atoms with Gasteiger partial charge in [0.1, 0.15) is 10.3 Å². The lowest BCUT2D eigenvalue weighted by molar-refractivity contribution is 0.0707. The van der Waals surface area contributed by atoms with Gasteiger partial charge in [0.15, 0.2) is 0 Å². The number of rotatable bonds is 5. The molecule has 4 nitrogen and oxygen atoms in total. The molecule has 1 N–H and O–H groups in total. The van der Waals surface area contributed by atoms with E-state index in [1.807, 2.05) is 30.3 Å². The van der Waals surface area contributed by atoms with Gasteiger partial charge in [-0.3, -0.25) is 4.79 Å². The highest BCUT2D eigenvalue weighted by Gasteiger charge is 2.17. The molecule has 21 heavy (non-hydrogen) atoms. The van der Waals surface area contributed by atoms with Crippen molar-refractivity contribution in [2.75, 3.05) is 13.2 Å². The first-order chi connectivity index (χ1) is 10.1. The molecule has 0 saturated heterocycles. The lowest BCUT2D eigenvalue weighted by atomic mass is 10.2. The fourth-order valence-electron chi connectivity index (χ4n) is 1.95. The number of hydrogen-bond donors (Lipinski definition) is 1. The Morgan fingerprint density at radius 3 is 2.33 bits per heavy atom. The van der Waals surface area contributed by atoms with Crippen LogP contribution in [0.5, 0.6) is 0 Å². The van der Waals surface area contributed by atoms with E-state index < -0.39 is 0 Å². The number of carbonyl (C=O) groups is 1. The number of pyridine rings is 1. The number of amides is 1. The van der Waals surface area contributed by atoms with E-state index in [9.17, 15) is 4.79 Å². The molecule has 1 amide bonds. The third kappa shape index (κ3) is 4.43. The molecular formula is C15H14Cl2N2O2. The lowest BCUT2D eigenvalue weighted by Gasteiger charge is -2.22. The van der Waals surface area contributed by atoms with Crippen molar-refractivity contribution in [3.8, 4) is 0 Å². The standard InChI is InChI=1S/C15H14Cl2N2O2/c16-13-8-12(9-14(17)18-13)15(21)19(6-7-20)10-11-4-2-1-3-5-11/h1-5,8-9,20H,6-7,10H2. The topological polar surface area (TPSA) is 53.4 Å². The lowest BCUT2D eigenvalue weighted by Crippen LogP contribution is -2.33. The molecule has 0 unspecified atom stereocenters. The van der Waals surface area contributed by atoms with E-state index in [4.69, 9.17) is 28.3 Å². The second-order valence-corrected chi connectivity index (χ2v) is 5.21. The summed E-state index contributed by atoms with van der Waals surface area (Å²) in [6.45, 7) is 0.508. The number of aromatic nitrogens is 1. The van der Waals surface area contributed by atoms with Gasteiger partial charge < -0.3 is 10.0 Å².